The molecule has 1 atom stereocenters. The van der Waals surface area contributed by atoms with Gasteiger partial charge < -0.3 is 20.5 Å². The van der Waals surface area contributed by atoms with E-state index in [-0.39, 0.29) is 5.91 Å². The van der Waals surface area contributed by atoms with Gasteiger partial charge in [-0.1, -0.05) is 6.92 Å². The number of rotatable bonds is 5. The Morgan fingerprint density at radius 1 is 1.33 bits per heavy atom. The molecule has 1 aromatic rings. The van der Waals surface area contributed by atoms with Gasteiger partial charge in [0.05, 0.1) is 20.3 Å². The second kappa shape index (κ2) is 6.26. The number of anilines is 1. The Kier molecular flexibility index (Phi) is 4.97. The smallest absolute Gasteiger partial charge is 0.241 e. The number of carbonyl (C=O) groups is 1. The number of hydrogen-bond donors (Lipinski definition) is 2. The highest BCUT2D eigenvalue weighted by Gasteiger charge is 2.14. The van der Waals surface area contributed by atoms with E-state index in [1.165, 1.54) is 0 Å². The van der Waals surface area contributed by atoms with Gasteiger partial charge in [0, 0.05) is 11.8 Å². The summed E-state index contributed by atoms with van der Waals surface area (Å²) in [5.74, 6) is 1.00. The van der Waals surface area contributed by atoms with Gasteiger partial charge in [-0.05, 0) is 25.0 Å². The van der Waals surface area contributed by atoms with E-state index in [0.717, 1.165) is 5.56 Å². The molecule has 3 N–H and O–H groups in total. The number of amides is 1. The second-order valence-electron chi connectivity index (χ2n) is 4.03. The summed E-state index contributed by atoms with van der Waals surface area (Å²) < 4.78 is 10.4. The third-order valence-corrected chi connectivity index (χ3v) is 2.77. The summed E-state index contributed by atoms with van der Waals surface area (Å²) in [7, 11) is 3.12. The first-order valence-corrected chi connectivity index (χ1v) is 5.82. The molecule has 0 aliphatic heterocycles. The summed E-state index contributed by atoms with van der Waals surface area (Å²) in [5.41, 5.74) is 7.25. The highest BCUT2D eigenvalue weighted by atomic mass is 16.5. The first kappa shape index (κ1) is 14.3. The quantitative estimate of drug-likeness (QED) is 0.836. The summed E-state index contributed by atoms with van der Waals surface area (Å²) in [6, 6.07) is 3.04. The van der Waals surface area contributed by atoms with Gasteiger partial charge in [-0.3, -0.25) is 4.79 Å². The fourth-order valence-corrected chi connectivity index (χ4v) is 1.53. The fourth-order valence-electron chi connectivity index (χ4n) is 1.53. The number of ether oxygens (including phenoxy) is 2. The molecule has 0 spiro atoms. The lowest BCUT2D eigenvalue weighted by Gasteiger charge is -2.15. The van der Waals surface area contributed by atoms with Crippen molar-refractivity contribution in [1.82, 2.24) is 0 Å². The number of nitrogens with two attached hydrogens (primary N) is 1. The molecule has 0 aliphatic rings. The lowest BCUT2D eigenvalue weighted by atomic mass is 10.1. The van der Waals surface area contributed by atoms with Crippen LogP contribution in [0.4, 0.5) is 5.69 Å². The molecular formula is C13H20N2O3. The fraction of sp³-hybridized carbons (Fsp3) is 0.462. The zero-order chi connectivity index (χ0) is 13.7. The van der Waals surface area contributed by atoms with E-state index in [1.54, 1.807) is 20.3 Å². The zero-order valence-electron chi connectivity index (χ0n) is 11.2. The molecule has 0 heterocycles. The van der Waals surface area contributed by atoms with Crippen molar-refractivity contribution < 1.29 is 14.3 Å². The molecule has 0 saturated carbocycles. The van der Waals surface area contributed by atoms with E-state index in [9.17, 15) is 4.79 Å². The monoisotopic (exact) mass is 252 g/mol. The first-order chi connectivity index (χ1) is 8.53. The van der Waals surface area contributed by atoms with Gasteiger partial charge >= 0.3 is 0 Å². The Hall–Kier alpha value is -1.75. The molecule has 1 aromatic carbocycles. The van der Waals surface area contributed by atoms with Crippen molar-refractivity contribution in [2.24, 2.45) is 5.73 Å². The molecule has 0 fully saturated rings. The van der Waals surface area contributed by atoms with Crippen molar-refractivity contribution in [3.63, 3.8) is 0 Å². The normalized spacial score (nSPS) is 11.8. The summed E-state index contributed by atoms with van der Waals surface area (Å²) >= 11 is 0. The Labute approximate surface area is 107 Å². The van der Waals surface area contributed by atoms with E-state index in [4.69, 9.17) is 15.2 Å². The summed E-state index contributed by atoms with van der Waals surface area (Å²) in [6.07, 6.45) is 0.595. The number of benzene rings is 1. The molecule has 0 aliphatic carbocycles. The minimum absolute atomic E-state index is 0.201. The van der Waals surface area contributed by atoms with Crippen LogP contribution >= 0.6 is 0 Å². The Morgan fingerprint density at radius 2 is 1.89 bits per heavy atom. The molecular weight excluding hydrogens is 232 g/mol. The number of nitrogens with one attached hydrogen (secondary N) is 1. The van der Waals surface area contributed by atoms with Gasteiger partial charge in [-0.2, -0.15) is 0 Å². The lowest BCUT2D eigenvalue weighted by Crippen LogP contribution is -2.35. The average Bonchev–Trinajstić information content (AvgIpc) is 2.39. The summed E-state index contributed by atoms with van der Waals surface area (Å²) in [6.45, 7) is 3.75. The number of methoxy groups -OCH3 is 2. The Bertz CT molecular complexity index is 432. The zero-order valence-corrected chi connectivity index (χ0v) is 11.2. The Balaban J connectivity index is 2.99. The highest BCUT2D eigenvalue weighted by Crippen LogP contribution is 2.32. The standard InChI is InChI=1S/C13H20N2O3/c1-5-9(14)13(16)15-10-7-12(18-4)11(17-3)6-8(10)2/h6-7,9H,5,14H2,1-4H3,(H,15,16)/t9-/m0/s1. The van der Waals surface area contributed by atoms with Crippen LogP contribution in [-0.2, 0) is 4.79 Å². The number of aryl methyl sites for hydroxylation is 1. The summed E-state index contributed by atoms with van der Waals surface area (Å²) in [5, 5.41) is 2.79. The number of hydrogen-bond acceptors (Lipinski definition) is 4. The molecule has 1 rings (SSSR count). The van der Waals surface area contributed by atoms with E-state index < -0.39 is 6.04 Å². The molecule has 0 saturated heterocycles. The highest BCUT2D eigenvalue weighted by molar-refractivity contribution is 5.95. The van der Waals surface area contributed by atoms with E-state index in [0.29, 0.717) is 23.6 Å². The molecule has 1 amide bonds. The van der Waals surface area contributed by atoms with Crippen molar-refractivity contribution in [3.05, 3.63) is 17.7 Å². The van der Waals surface area contributed by atoms with Gasteiger partial charge in [0.15, 0.2) is 11.5 Å². The molecule has 0 unspecified atom stereocenters. The van der Waals surface area contributed by atoms with Gasteiger partial charge in [0.25, 0.3) is 0 Å². The van der Waals surface area contributed by atoms with E-state index >= 15 is 0 Å². The maximum atomic E-state index is 11.7. The van der Waals surface area contributed by atoms with E-state index in [2.05, 4.69) is 5.32 Å². The van der Waals surface area contributed by atoms with Crippen LogP contribution in [0.25, 0.3) is 0 Å². The molecule has 0 bridgehead atoms. The van der Waals surface area contributed by atoms with Gasteiger partial charge in [-0.15, -0.1) is 0 Å². The number of carbonyl (C=O) groups excluding carboxylic acids is 1. The van der Waals surface area contributed by atoms with Gasteiger partial charge in [0.2, 0.25) is 5.91 Å². The van der Waals surface area contributed by atoms with Crippen LogP contribution in [0, 0.1) is 6.92 Å². The van der Waals surface area contributed by atoms with Crippen molar-refractivity contribution >= 4 is 11.6 Å². The summed E-state index contributed by atoms with van der Waals surface area (Å²) in [4.78, 5) is 11.7. The maximum Gasteiger partial charge on any atom is 0.241 e. The van der Waals surface area contributed by atoms with E-state index in [1.807, 2.05) is 19.9 Å². The molecule has 0 radical (unpaired) electrons. The van der Waals surface area contributed by atoms with Crippen molar-refractivity contribution in [3.8, 4) is 11.5 Å². The predicted molar refractivity (Wildman–Crippen MR) is 71.2 cm³/mol. The van der Waals surface area contributed by atoms with Crippen molar-refractivity contribution in [2.75, 3.05) is 19.5 Å². The van der Waals surface area contributed by atoms with Crippen molar-refractivity contribution in [2.45, 2.75) is 26.3 Å². The molecule has 18 heavy (non-hydrogen) atoms. The largest absolute Gasteiger partial charge is 0.493 e. The second-order valence-corrected chi connectivity index (χ2v) is 4.03. The maximum absolute atomic E-state index is 11.7. The SMILES string of the molecule is CC[C@H](N)C(=O)Nc1cc(OC)c(OC)cc1C. The van der Waals surface area contributed by atoms with Crippen LogP contribution in [0.2, 0.25) is 0 Å². The molecule has 5 nitrogen and oxygen atoms in total. The molecule has 0 aromatic heterocycles. The third-order valence-electron chi connectivity index (χ3n) is 2.77. The molecule has 100 valence electrons. The first-order valence-electron chi connectivity index (χ1n) is 5.82. The van der Waals surface area contributed by atoms with Crippen molar-refractivity contribution in [1.29, 1.82) is 0 Å². The third kappa shape index (κ3) is 3.13. The van der Waals surface area contributed by atoms with Crippen LogP contribution in [0.1, 0.15) is 18.9 Å². The van der Waals surface area contributed by atoms with Crippen LogP contribution < -0.4 is 20.5 Å². The Morgan fingerprint density at radius 3 is 2.39 bits per heavy atom. The van der Waals surface area contributed by atoms with Crippen LogP contribution in [0.3, 0.4) is 0 Å². The predicted octanol–water partition coefficient (Wildman–Crippen LogP) is 1.69. The van der Waals surface area contributed by atoms with Crippen LogP contribution in [-0.4, -0.2) is 26.2 Å². The molecule has 5 heteroatoms. The van der Waals surface area contributed by atoms with Crippen LogP contribution in [0.15, 0.2) is 12.1 Å². The minimum Gasteiger partial charge on any atom is -0.493 e. The topological polar surface area (TPSA) is 73.6 Å². The van der Waals surface area contributed by atoms with Gasteiger partial charge in [-0.25, -0.2) is 0 Å². The van der Waals surface area contributed by atoms with Gasteiger partial charge in [0.1, 0.15) is 0 Å². The average molecular weight is 252 g/mol. The minimum atomic E-state index is -0.502. The van der Waals surface area contributed by atoms with Crippen LogP contribution in [0.5, 0.6) is 11.5 Å². The lowest BCUT2D eigenvalue weighted by molar-refractivity contribution is -0.117.